The van der Waals surface area contributed by atoms with Gasteiger partial charge < -0.3 is 19.7 Å². The second-order valence-corrected chi connectivity index (χ2v) is 9.56. The molecule has 8 heteroatoms. The molecule has 2 aliphatic rings. The molecule has 2 fully saturated rings. The van der Waals surface area contributed by atoms with Crippen molar-refractivity contribution in [3.05, 3.63) is 77.6 Å². The molecule has 3 aromatic rings. The van der Waals surface area contributed by atoms with Crippen LogP contribution < -0.4 is 10.2 Å². The number of fused-ring (bicyclic) bond motifs is 1. The van der Waals surface area contributed by atoms with Crippen LogP contribution in [0.4, 0.5) is 5.69 Å². The Kier molecular flexibility index (Phi) is 6.92. The predicted octanol–water partition coefficient (Wildman–Crippen LogP) is 2.47. The van der Waals surface area contributed by atoms with E-state index in [1.807, 2.05) is 16.9 Å². The molecule has 3 heterocycles. The lowest BCUT2D eigenvalue weighted by atomic mass is 10.1. The third kappa shape index (κ3) is 5.15. The molecule has 2 saturated heterocycles. The largest absolute Gasteiger partial charge is 0.378 e. The van der Waals surface area contributed by atoms with Crippen molar-refractivity contribution in [1.29, 1.82) is 0 Å². The van der Waals surface area contributed by atoms with Crippen molar-refractivity contribution in [3.8, 4) is 0 Å². The van der Waals surface area contributed by atoms with E-state index in [9.17, 15) is 0 Å². The highest BCUT2D eigenvalue weighted by atomic mass is 16.6. The van der Waals surface area contributed by atoms with Gasteiger partial charge in [-0.2, -0.15) is 0 Å². The van der Waals surface area contributed by atoms with Crippen LogP contribution in [0.2, 0.25) is 0 Å². The fraction of sp³-hybridized carbons (Fsp3) is 0.462. The molecule has 0 aliphatic carbocycles. The van der Waals surface area contributed by atoms with Crippen molar-refractivity contribution in [2.24, 2.45) is 0 Å². The Balaban J connectivity index is 1.14. The first-order chi connectivity index (χ1) is 16.6. The Bertz CT molecular complexity index is 1050. The zero-order valence-electron chi connectivity index (χ0n) is 20.2. The molecule has 5 rings (SSSR count). The van der Waals surface area contributed by atoms with Crippen molar-refractivity contribution < 1.29 is 9.47 Å². The highest BCUT2D eigenvalue weighted by molar-refractivity contribution is 5.45. The fourth-order valence-corrected chi connectivity index (χ4v) is 4.82. The zero-order valence-corrected chi connectivity index (χ0v) is 20.2. The summed E-state index contributed by atoms with van der Waals surface area (Å²) in [5, 5.41) is 12.5. The standard InChI is InChI=1S/C26H34N6O2/c1-30(2)22-11-9-19(10-12-22)13-27-23-17-33-26-24(18-34-25(23)26)32-16-21(28-29-32)15-31(3)14-20-7-5-4-6-8-20/h4-12,16,23-27H,13-15,17-18H2,1-3H3/t23-,24+,25-,26+/m1/s1. The third-order valence-corrected chi connectivity index (χ3v) is 6.67. The summed E-state index contributed by atoms with van der Waals surface area (Å²) in [7, 11) is 6.21. The van der Waals surface area contributed by atoms with Crippen LogP contribution in [0, 0.1) is 0 Å². The van der Waals surface area contributed by atoms with E-state index in [2.05, 4.69) is 95.1 Å². The van der Waals surface area contributed by atoms with Gasteiger partial charge in [0.2, 0.25) is 0 Å². The number of nitrogens with one attached hydrogen (secondary N) is 1. The van der Waals surface area contributed by atoms with Gasteiger partial charge in [0.05, 0.1) is 31.1 Å². The van der Waals surface area contributed by atoms with E-state index >= 15 is 0 Å². The molecular weight excluding hydrogens is 428 g/mol. The van der Waals surface area contributed by atoms with E-state index in [0.717, 1.165) is 25.3 Å². The molecule has 2 aliphatic heterocycles. The number of aromatic nitrogens is 3. The molecule has 34 heavy (non-hydrogen) atoms. The number of hydrogen-bond acceptors (Lipinski definition) is 7. The van der Waals surface area contributed by atoms with Crippen LogP contribution in [0.3, 0.4) is 0 Å². The van der Waals surface area contributed by atoms with Gasteiger partial charge in [0.1, 0.15) is 18.2 Å². The monoisotopic (exact) mass is 462 g/mol. The van der Waals surface area contributed by atoms with Crippen LogP contribution in [-0.2, 0) is 29.1 Å². The lowest BCUT2D eigenvalue weighted by molar-refractivity contribution is 0.0619. The quantitative estimate of drug-likeness (QED) is 0.524. The van der Waals surface area contributed by atoms with Gasteiger partial charge >= 0.3 is 0 Å². The molecule has 1 N–H and O–H groups in total. The smallest absolute Gasteiger partial charge is 0.110 e. The van der Waals surface area contributed by atoms with Gasteiger partial charge in [0.25, 0.3) is 0 Å². The molecule has 0 amide bonds. The van der Waals surface area contributed by atoms with Crippen molar-refractivity contribution >= 4 is 5.69 Å². The summed E-state index contributed by atoms with van der Waals surface area (Å²) in [5.41, 5.74) is 4.70. The Morgan fingerprint density at radius 3 is 2.44 bits per heavy atom. The van der Waals surface area contributed by atoms with E-state index in [1.54, 1.807) is 0 Å². The highest BCUT2D eigenvalue weighted by Crippen LogP contribution is 2.34. The first-order valence-corrected chi connectivity index (χ1v) is 11.9. The maximum Gasteiger partial charge on any atom is 0.110 e. The maximum atomic E-state index is 6.17. The lowest BCUT2D eigenvalue weighted by Gasteiger charge is -2.18. The Labute approximate surface area is 201 Å². The van der Waals surface area contributed by atoms with Crippen LogP contribution >= 0.6 is 0 Å². The molecule has 0 radical (unpaired) electrons. The minimum Gasteiger partial charge on any atom is -0.378 e. The number of hydrogen-bond donors (Lipinski definition) is 1. The van der Waals surface area contributed by atoms with Crippen LogP contribution in [0.1, 0.15) is 22.9 Å². The van der Waals surface area contributed by atoms with Gasteiger partial charge in [-0.25, -0.2) is 4.68 Å². The van der Waals surface area contributed by atoms with Gasteiger partial charge in [0.15, 0.2) is 0 Å². The topological polar surface area (TPSA) is 67.7 Å². The van der Waals surface area contributed by atoms with Crippen molar-refractivity contribution in [2.75, 3.05) is 39.3 Å². The summed E-state index contributed by atoms with van der Waals surface area (Å²) >= 11 is 0. The molecular formula is C26H34N6O2. The average Bonchev–Trinajstić information content (AvgIpc) is 3.56. The van der Waals surface area contributed by atoms with E-state index in [1.165, 1.54) is 16.8 Å². The van der Waals surface area contributed by atoms with E-state index in [-0.39, 0.29) is 24.3 Å². The molecule has 4 atom stereocenters. The minimum absolute atomic E-state index is 0.00906. The number of anilines is 1. The van der Waals surface area contributed by atoms with Crippen LogP contribution in [-0.4, -0.2) is 72.5 Å². The average molecular weight is 463 g/mol. The minimum atomic E-state index is -0.00906. The Morgan fingerprint density at radius 1 is 0.912 bits per heavy atom. The Hall–Kier alpha value is -2.78. The first-order valence-electron chi connectivity index (χ1n) is 11.9. The number of benzene rings is 2. The molecule has 1 aromatic heterocycles. The van der Waals surface area contributed by atoms with Crippen LogP contribution in [0.5, 0.6) is 0 Å². The first kappa shape index (κ1) is 23.0. The molecule has 0 unspecified atom stereocenters. The molecule has 0 spiro atoms. The summed E-state index contributed by atoms with van der Waals surface area (Å²) in [6, 6.07) is 19.3. The van der Waals surface area contributed by atoms with Crippen molar-refractivity contribution in [2.45, 2.75) is 43.9 Å². The number of ether oxygens (including phenoxy) is 2. The van der Waals surface area contributed by atoms with Crippen molar-refractivity contribution in [3.63, 3.8) is 0 Å². The SMILES string of the molecule is CN(Cc1ccccc1)Cc1cn([C@H]2CO[C@H]3[C@H]2OC[C@H]3NCc2ccc(N(C)C)cc2)nn1. The predicted molar refractivity (Wildman–Crippen MR) is 132 cm³/mol. The van der Waals surface area contributed by atoms with Crippen LogP contribution in [0.25, 0.3) is 0 Å². The molecule has 2 aromatic carbocycles. The van der Waals surface area contributed by atoms with E-state index in [0.29, 0.717) is 13.2 Å². The summed E-state index contributed by atoms with van der Waals surface area (Å²) in [5.74, 6) is 0. The zero-order chi connectivity index (χ0) is 23.5. The molecule has 180 valence electrons. The van der Waals surface area contributed by atoms with E-state index in [4.69, 9.17) is 9.47 Å². The fourth-order valence-electron chi connectivity index (χ4n) is 4.82. The number of nitrogens with zero attached hydrogens (tertiary/aromatic N) is 5. The van der Waals surface area contributed by atoms with Gasteiger partial charge in [0, 0.05) is 39.4 Å². The van der Waals surface area contributed by atoms with Crippen LogP contribution in [0.15, 0.2) is 60.8 Å². The van der Waals surface area contributed by atoms with Gasteiger partial charge in [-0.1, -0.05) is 47.7 Å². The van der Waals surface area contributed by atoms with Gasteiger partial charge in [-0.15, -0.1) is 5.10 Å². The van der Waals surface area contributed by atoms with Gasteiger partial charge in [-0.3, -0.25) is 4.90 Å². The second kappa shape index (κ2) is 10.2. The summed E-state index contributed by atoms with van der Waals surface area (Å²) in [6.07, 6.45) is 2.05. The Morgan fingerprint density at radius 2 is 1.68 bits per heavy atom. The lowest BCUT2D eigenvalue weighted by Crippen LogP contribution is -2.40. The third-order valence-electron chi connectivity index (χ3n) is 6.67. The maximum absolute atomic E-state index is 6.17. The van der Waals surface area contributed by atoms with Gasteiger partial charge in [-0.05, 0) is 30.3 Å². The molecule has 8 nitrogen and oxygen atoms in total. The molecule has 0 saturated carbocycles. The second-order valence-electron chi connectivity index (χ2n) is 9.56. The summed E-state index contributed by atoms with van der Waals surface area (Å²) in [6.45, 7) is 3.64. The van der Waals surface area contributed by atoms with Crippen molar-refractivity contribution in [1.82, 2.24) is 25.2 Å². The summed E-state index contributed by atoms with van der Waals surface area (Å²) in [4.78, 5) is 4.35. The molecule has 0 bridgehead atoms. The number of rotatable bonds is 9. The normalized spacial score (nSPS) is 24.0. The highest BCUT2D eigenvalue weighted by Gasteiger charge is 2.48. The van der Waals surface area contributed by atoms with E-state index < -0.39 is 0 Å². The summed E-state index contributed by atoms with van der Waals surface area (Å²) < 4.78 is 14.3.